The summed E-state index contributed by atoms with van der Waals surface area (Å²) < 4.78 is 26.3. The molecule has 0 aromatic heterocycles. The van der Waals surface area contributed by atoms with Gasteiger partial charge in [0.25, 0.3) is 10.0 Å². The molecule has 1 aliphatic heterocycles. The van der Waals surface area contributed by atoms with E-state index in [2.05, 4.69) is 9.71 Å². The molecule has 0 aliphatic carbocycles. The number of aliphatic hydroxyl groups is 1. The summed E-state index contributed by atoms with van der Waals surface area (Å²) in [5, 5.41) is 10.1. The van der Waals surface area contributed by atoms with Gasteiger partial charge in [-0.15, -0.1) is 0 Å². The molecule has 0 spiro atoms. The molecule has 2 aromatic rings. The lowest BCUT2D eigenvalue weighted by molar-refractivity contribution is 0.184. The molecule has 0 saturated heterocycles. The Bertz CT molecular complexity index is 801. The van der Waals surface area contributed by atoms with E-state index in [1.807, 2.05) is 30.3 Å². The van der Waals surface area contributed by atoms with E-state index in [0.29, 0.717) is 17.8 Å². The SMILES string of the molecule is O=S1(=O)NC(=NC[C@H](O)Cc2ccccc2)c2ccccc21. The highest BCUT2D eigenvalue weighted by Gasteiger charge is 2.30. The molecule has 0 bridgehead atoms. The molecule has 3 rings (SSSR count). The second kappa shape index (κ2) is 5.90. The summed E-state index contributed by atoms with van der Waals surface area (Å²) >= 11 is 0. The maximum atomic E-state index is 11.9. The zero-order chi connectivity index (χ0) is 15.6. The zero-order valence-corrected chi connectivity index (χ0v) is 12.6. The number of nitrogens with one attached hydrogen (secondary N) is 1. The van der Waals surface area contributed by atoms with Crippen LogP contribution in [-0.2, 0) is 16.4 Å². The Morgan fingerprint density at radius 3 is 2.50 bits per heavy atom. The number of nitrogens with zero attached hydrogens (tertiary/aromatic N) is 1. The van der Waals surface area contributed by atoms with Gasteiger partial charge in [-0.05, 0) is 17.7 Å². The first-order chi connectivity index (χ1) is 10.6. The molecule has 6 heteroatoms. The van der Waals surface area contributed by atoms with E-state index in [4.69, 9.17) is 0 Å². The van der Waals surface area contributed by atoms with Gasteiger partial charge in [-0.25, -0.2) is 8.42 Å². The van der Waals surface area contributed by atoms with E-state index in [-0.39, 0.29) is 11.4 Å². The molecule has 1 atom stereocenters. The Balaban J connectivity index is 1.74. The Kier molecular flexibility index (Phi) is 3.96. The van der Waals surface area contributed by atoms with Crippen LogP contribution in [0.4, 0.5) is 0 Å². The van der Waals surface area contributed by atoms with Gasteiger partial charge in [-0.1, -0.05) is 42.5 Å². The predicted molar refractivity (Wildman–Crippen MR) is 84.3 cm³/mol. The molecular formula is C16H16N2O3S. The predicted octanol–water partition coefficient (Wildman–Crippen LogP) is 1.33. The molecule has 1 aliphatic rings. The van der Waals surface area contributed by atoms with E-state index in [0.717, 1.165) is 5.56 Å². The molecule has 1 heterocycles. The van der Waals surface area contributed by atoms with Gasteiger partial charge < -0.3 is 5.11 Å². The number of benzene rings is 2. The van der Waals surface area contributed by atoms with Crippen LogP contribution in [0.15, 0.2) is 64.5 Å². The van der Waals surface area contributed by atoms with Gasteiger partial charge in [0.05, 0.1) is 17.5 Å². The van der Waals surface area contributed by atoms with Crippen molar-refractivity contribution >= 4 is 15.9 Å². The van der Waals surface area contributed by atoms with Crippen molar-refractivity contribution in [1.29, 1.82) is 0 Å². The fraction of sp³-hybridized carbons (Fsp3) is 0.188. The third-order valence-electron chi connectivity index (χ3n) is 3.44. The van der Waals surface area contributed by atoms with Crippen molar-refractivity contribution in [3.63, 3.8) is 0 Å². The molecule has 5 nitrogen and oxygen atoms in total. The molecule has 0 fully saturated rings. The zero-order valence-electron chi connectivity index (χ0n) is 11.8. The molecular weight excluding hydrogens is 300 g/mol. The van der Waals surface area contributed by atoms with Crippen LogP contribution in [0, 0.1) is 0 Å². The van der Waals surface area contributed by atoms with Crippen LogP contribution in [0.25, 0.3) is 0 Å². The third kappa shape index (κ3) is 3.03. The van der Waals surface area contributed by atoms with Crippen LogP contribution >= 0.6 is 0 Å². The molecule has 0 unspecified atom stereocenters. The van der Waals surface area contributed by atoms with Gasteiger partial charge in [0, 0.05) is 12.0 Å². The largest absolute Gasteiger partial charge is 0.391 e. The normalized spacial score (nSPS) is 18.7. The van der Waals surface area contributed by atoms with Crippen LogP contribution in [-0.4, -0.2) is 32.0 Å². The lowest BCUT2D eigenvalue weighted by Gasteiger charge is -2.08. The lowest BCUT2D eigenvalue weighted by atomic mass is 10.1. The summed E-state index contributed by atoms with van der Waals surface area (Å²) in [6.45, 7) is 0.140. The molecule has 2 N–H and O–H groups in total. The minimum Gasteiger partial charge on any atom is -0.391 e. The number of hydrogen-bond acceptors (Lipinski definition) is 4. The van der Waals surface area contributed by atoms with Crippen LogP contribution in [0.3, 0.4) is 0 Å². The van der Waals surface area contributed by atoms with Crippen LogP contribution in [0.2, 0.25) is 0 Å². The first-order valence-electron chi connectivity index (χ1n) is 6.95. The fourth-order valence-electron chi connectivity index (χ4n) is 2.40. The molecule has 0 amide bonds. The minimum absolute atomic E-state index is 0.140. The quantitative estimate of drug-likeness (QED) is 0.893. The number of hydrogen-bond donors (Lipinski definition) is 2. The smallest absolute Gasteiger partial charge is 0.263 e. The first kappa shape index (κ1) is 14.7. The minimum atomic E-state index is -3.52. The number of sulfonamides is 1. The molecule has 0 radical (unpaired) electrons. The number of aliphatic hydroxyl groups excluding tert-OH is 1. The standard InChI is InChI=1S/C16H16N2O3S/c19-13(10-12-6-2-1-3-7-12)11-17-16-14-8-4-5-9-15(14)22(20,21)18-16/h1-9,13,19H,10-11H2,(H,17,18)/t13-/m1/s1. The van der Waals surface area contributed by atoms with Gasteiger partial charge >= 0.3 is 0 Å². The van der Waals surface area contributed by atoms with Gasteiger partial charge in [0.2, 0.25) is 0 Å². The maximum Gasteiger partial charge on any atom is 0.263 e. The second-order valence-corrected chi connectivity index (χ2v) is 6.79. The topological polar surface area (TPSA) is 78.8 Å². The molecule has 2 aromatic carbocycles. The Labute approximate surface area is 129 Å². The number of aliphatic imine (C=N–C) groups is 1. The van der Waals surface area contributed by atoms with Gasteiger partial charge in [-0.2, -0.15) is 0 Å². The third-order valence-corrected chi connectivity index (χ3v) is 4.83. The van der Waals surface area contributed by atoms with Crippen molar-refractivity contribution in [1.82, 2.24) is 4.72 Å². The van der Waals surface area contributed by atoms with Crippen molar-refractivity contribution in [2.45, 2.75) is 17.4 Å². The van der Waals surface area contributed by atoms with Crippen LogP contribution in [0.5, 0.6) is 0 Å². The van der Waals surface area contributed by atoms with Gasteiger partial charge in [0.1, 0.15) is 5.84 Å². The highest BCUT2D eigenvalue weighted by molar-refractivity contribution is 7.90. The summed E-state index contributed by atoms with van der Waals surface area (Å²) in [7, 11) is -3.52. The molecule has 114 valence electrons. The van der Waals surface area contributed by atoms with Gasteiger partial charge in [0.15, 0.2) is 0 Å². The summed E-state index contributed by atoms with van der Waals surface area (Å²) in [4.78, 5) is 4.46. The van der Waals surface area contributed by atoms with E-state index in [9.17, 15) is 13.5 Å². The first-order valence-corrected chi connectivity index (χ1v) is 8.43. The van der Waals surface area contributed by atoms with Crippen LogP contribution < -0.4 is 4.72 Å². The summed E-state index contributed by atoms with van der Waals surface area (Å²) in [6, 6.07) is 16.3. The van der Waals surface area contributed by atoms with Gasteiger partial charge in [-0.3, -0.25) is 9.71 Å². The number of fused-ring (bicyclic) bond motifs is 1. The highest BCUT2D eigenvalue weighted by atomic mass is 32.2. The van der Waals surface area contributed by atoms with Crippen molar-refractivity contribution < 1.29 is 13.5 Å². The van der Waals surface area contributed by atoms with Crippen molar-refractivity contribution in [2.75, 3.05) is 6.54 Å². The van der Waals surface area contributed by atoms with Crippen molar-refractivity contribution in [3.05, 3.63) is 65.7 Å². The van der Waals surface area contributed by atoms with Crippen LogP contribution in [0.1, 0.15) is 11.1 Å². The van der Waals surface area contributed by atoms with Crippen molar-refractivity contribution in [2.24, 2.45) is 4.99 Å². The van der Waals surface area contributed by atoms with E-state index < -0.39 is 16.1 Å². The highest BCUT2D eigenvalue weighted by Crippen LogP contribution is 2.22. The van der Waals surface area contributed by atoms with E-state index in [1.165, 1.54) is 0 Å². The lowest BCUT2D eigenvalue weighted by Crippen LogP contribution is -2.24. The monoisotopic (exact) mass is 316 g/mol. The Morgan fingerprint density at radius 2 is 1.73 bits per heavy atom. The Hall–Kier alpha value is -2.18. The molecule has 0 saturated carbocycles. The van der Waals surface area contributed by atoms with E-state index >= 15 is 0 Å². The molecule has 22 heavy (non-hydrogen) atoms. The Morgan fingerprint density at radius 1 is 1.05 bits per heavy atom. The summed E-state index contributed by atoms with van der Waals surface area (Å²) in [6.07, 6.45) is -0.182. The number of amidine groups is 1. The second-order valence-electron chi connectivity index (χ2n) is 5.13. The van der Waals surface area contributed by atoms with E-state index in [1.54, 1.807) is 24.3 Å². The summed E-state index contributed by atoms with van der Waals surface area (Å²) in [5.41, 5.74) is 1.57. The van der Waals surface area contributed by atoms with Crippen molar-refractivity contribution in [3.8, 4) is 0 Å². The number of rotatable bonds is 4. The maximum absolute atomic E-state index is 11.9. The summed E-state index contributed by atoms with van der Waals surface area (Å²) in [5.74, 6) is 0.294. The fourth-order valence-corrected chi connectivity index (χ4v) is 3.65. The average Bonchev–Trinajstić information content (AvgIpc) is 2.78. The average molecular weight is 316 g/mol.